The Morgan fingerprint density at radius 3 is 2.75 bits per heavy atom. The molecule has 1 amide bonds. The second-order valence-corrected chi connectivity index (χ2v) is 9.50. The first-order valence-corrected chi connectivity index (χ1v) is 10.6. The van der Waals surface area contributed by atoms with Crippen LogP contribution in [-0.2, 0) is 10.3 Å². The molecule has 0 radical (unpaired) electrons. The molecule has 1 saturated carbocycles. The van der Waals surface area contributed by atoms with E-state index in [4.69, 9.17) is 12.3 Å². The molecule has 2 N–H and O–H groups in total. The second kappa shape index (κ2) is 7.67. The van der Waals surface area contributed by atoms with Crippen LogP contribution in [0.2, 0.25) is 0 Å². The summed E-state index contributed by atoms with van der Waals surface area (Å²) in [6.45, 7) is 8.65. The monoisotopic (exact) mass is 454 g/mol. The Hall–Kier alpha value is -3.32. The Balaban J connectivity index is 1.72. The lowest BCUT2D eigenvalue weighted by Gasteiger charge is -2.34. The van der Waals surface area contributed by atoms with Crippen LogP contribution in [0.15, 0.2) is 35.6 Å². The van der Waals surface area contributed by atoms with E-state index in [2.05, 4.69) is 19.8 Å². The number of thioether (sulfide) groups is 1. The molecule has 1 aliphatic carbocycles. The summed E-state index contributed by atoms with van der Waals surface area (Å²) in [5.41, 5.74) is 5.60. The number of amides is 1. The summed E-state index contributed by atoms with van der Waals surface area (Å²) in [7, 11) is 3.35. The summed E-state index contributed by atoms with van der Waals surface area (Å²) < 4.78 is 28.9. The molecule has 1 aliphatic heterocycles. The van der Waals surface area contributed by atoms with E-state index in [1.54, 1.807) is 21.0 Å². The van der Waals surface area contributed by atoms with Crippen LogP contribution in [0.3, 0.4) is 0 Å². The number of halogens is 2. The van der Waals surface area contributed by atoms with Gasteiger partial charge in [0.05, 0.1) is 11.7 Å². The second-order valence-electron chi connectivity index (χ2n) is 8.15. The number of rotatable bonds is 4. The van der Waals surface area contributed by atoms with Crippen molar-refractivity contribution in [1.82, 2.24) is 14.9 Å². The molecule has 1 aromatic carbocycles. The van der Waals surface area contributed by atoms with Crippen molar-refractivity contribution >= 4 is 40.6 Å². The van der Waals surface area contributed by atoms with Crippen LogP contribution >= 0.6 is 11.8 Å². The zero-order valence-electron chi connectivity index (χ0n) is 17.6. The maximum atomic E-state index is 15.0. The molecule has 0 saturated heterocycles. The third-order valence-electron chi connectivity index (χ3n) is 5.81. The number of nitrogens with two attached hydrogens (primary N) is 1. The minimum absolute atomic E-state index is 0.0383. The van der Waals surface area contributed by atoms with E-state index in [1.807, 2.05) is 0 Å². The van der Waals surface area contributed by atoms with Crippen molar-refractivity contribution in [3.8, 4) is 0 Å². The number of amidine groups is 1. The molecule has 0 unspecified atom stereocenters. The van der Waals surface area contributed by atoms with Gasteiger partial charge in [-0.25, -0.2) is 8.78 Å². The van der Waals surface area contributed by atoms with Gasteiger partial charge in [-0.1, -0.05) is 24.4 Å². The number of carbonyl (C=O) groups is 1. The molecule has 7 nitrogen and oxygen atoms in total. The quantitative estimate of drug-likeness (QED) is 0.711. The Kier molecular flexibility index (Phi) is 5.25. The fourth-order valence-electron chi connectivity index (χ4n) is 4.18. The van der Waals surface area contributed by atoms with Crippen LogP contribution in [0.5, 0.6) is 0 Å². The smallest absolute Gasteiger partial charge is 0.287 e. The lowest BCUT2D eigenvalue weighted by atomic mass is 9.84. The van der Waals surface area contributed by atoms with E-state index in [1.165, 1.54) is 53.3 Å². The normalized spacial score (nSPS) is 26.6. The fourth-order valence-corrected chi connectivity index (χ4v) is 5.68. The summed E-state index contributed by atoms with van der Waals surface area (Å²) in [5.74, 6) is -1.45. The van der Waals surface area contributed by atoms with Crippen molar-refractivity contribution in [3.05, 3.63) is 64.6 Å². The molecule has 4 rings (SSSR count). The largest absolute Gasteiger partial charge is 0.378 e. The molecule has 32 heavy (non-hydrogen) atoms. The molecule has 1 fully saturated rings. The molecule has 1 aromatic heterocycles. The van der Waals surface area contributed by atoms with Gasteiger partial charge >= 0.3 is 0 Å². The van der Waals surface area contributed by atoms with Gasteiger partial charge in [-0.2, -0.15) is 0 Å². The van der Waals surface area contributed by atoms with Crippen molar-refractivity contribution in [2.75, 3.05) is 14.1 Å². The van der Waals surface area contributed by atoms with E-state index in [-0.39, 0.29) is 34.1 Å². The van der Waals surface area contributed by atoms with Crippen LogP contribution in [-0.4, -0.2) is 44.8 Å². The van der Waals surface area contributed by atoms with Gasteiger partial charge in [0.15, 0.2) is 11.0 Å². The highest BCUT2D eigenvalue weighted by Gasteiger charge is 2.71. The topological polar surface area (TPSA) is 88.8 Å². The summed E-state index contributed by atoms with van der Waals surface area (Å²) in [6.07, 6.45) is 4.08. The summed E-state index contributed by atoms with van der Waals surface area (Å²) in [4.78, 5) is 29.7. The van der Waals surface area contributed by atoms with Gasteiger partial charge < -0.3 is 15.5 Å². The molecule has 2 heterocycles. The minimum Gasteiger partial charge on any atom is -0.378 e. The first-order chi connectivity index (χ1) is 15.1. The van der Waals surface area contributed by atoms with Crippen molar-refractivity contribution in [1.29, 1.82) is 0 Å². The maximum Gasteiger partial charge on any atom is 0.287 e. The Bertz CT molecular complexity index is 1210. The third kappa shape index (κ3) is 3.52. The highest BCUT2D eigenvalue weighted by Crippen LogP contribution is 2.66. The number of nitrogens with zero attached hydrogens (tertiary/aromatic N) is 5. The van der Waals surface area contributed by atoms with E-state index < -0.39 is 21.9 Å². The van der Waals surface area contributed by atoms with Crippen LogP contribution in [0, 0.1) is 18.3 Å². The number of aromatic nitrogens is 2. The van der Waals surface area contributed by atoms with E-state index in [0.29, 0.717) is 12.0 Å². The van der Waals surface area contributed by atoms with E-state index in [0.717, 1.165) is 0 Å². The molecular weight excluding hydrogens is 434 g/mol. The Morgan fingerprint density at radius 2 is 2.12 bits per heavy atom. The van der Waals surface area contributed by atoms with Crippen LogP contribution in [0.1, 0.15) is 30.2 Å². The maximum absolute atomic E-state index is 15.0. The first kappa shape index (κ1) is 21.9. The van der Waals surface area contributed by atoms with Crippen LogP contribution in [0.25, 0.3) is 16.7 Å². The highest BCUT2D eigenvalue weighted by atomic mass is 32.2. The zero-order chi connectivity index (χ0) is 23.3. The highest BCUT2D eigenvalue weighted by molar-refractivity contribution is 8.15. The predicted octanol–water partition coefficient (Wildman–Crippen LogP) is 3.76. The van der Waals surface area contributed by atoms with Gasteiger partial charge in [-0.05, 0) is 37.1 Å². The van der Waals surface area contributed by atoms with Gasteiger partial charge in [-0.3, -0.25) is 14.8 Å². The van der Waals surface area contributed by atoms with E-state index in [9.17, 15) is 13.6 Å². The molecule has 2 aliphatic rings. The van der Waals surface area contributed by atoms with Gasteiger partial charge in [0.25, 0.3) is 5.82 Å². The predicted molar refractivity (Wildman–Crippen MR) is 120 cm³/mol. The molecule has 0 spiro atoms. The molecule has 0 bridgehead atoms. The standard InChI is InChI=1S/C22H20F2N6OS/c1-21(17-9-22(17,19(31)30(3)4)32-20(25)29-21)13-7-12(5-6-14(13)23)8-15(24)16-10-28-18(26-2)11-27-16/h5-8,10-11,17H,9H2,1,3-4H3,(H2,25,29)/b15-8-/t17-,21+,22-/m0/s1. The summed E-state index contributed by atoms with van der Waals surface area (Å²) >= 11 is 1.22. The van der Waals surface area contributed by atoms with E-state index >= 15 is 0 Å². The van der Waals surface area contributed by atoms with Crippen molar-refractivity contribution in [2.24, 2.45) is 16.6 Å². The fraction of sp³-hybridized carbons (Fsp3) is 0.318. The molecule has 2 aromatic rings. The average molecular weight is 455 g/mol. The number of hydrogen-bond acceptors (Lipinski definition) is 6. The van der Waals surface area contributed by atoms with Crippen molar-refractivity contribution in [2.45, 2.75) is 23.6 Å². The first-order valence-electron chi connectivity index (χ1n) is 9.74. The van der Waals surface area contributed by atoms with Gasteiger partial charge in [0.1, 0.15) is 22.5 Å². The number of aliphatic imine (C=N–C) groups is 1. The third-order valence-corrected chi connectivity index (χ3v) is 7.10. The SMILES string of the molecule is [C-]#[N+]c1cnc(/C(F)=C/c2ccc(F)c([C@@]3(C)N=C(N)S[C@@]4(C(=O)N(C)C)C[C@H]43)c2)cn1. The molecule has 10 heteroatoms. The molecular formula is C22H20F2N6OS. The van der Waals surface area contributed by atoms with Crippen molar-refractivity contribution < 1.29 is 13.6 Å². The molecule has 3 atom stereocenters. The molecule has 164 valence electrons. The summed E-state index contributed by atoms with van der Waals surface area (Å²) in [5, 5.41) is 0.221. The lowest BCUT2D eigenvalue weighted by molar-refractivity contribution is -0.129. The van der Waals surface area contributed by atoms with Crippen molar-refractivity contribution in [3.63, 3.8) is 0 Å². The van der Waals surface area contributed by atoms with Gasteiger partial charge in [0.2, 0.25) is 5.91 Å². The number of carbonyl (C=O) groups excluding carboxylic acids is 1. The average Bonchev–Trinajstić information content (AvgIpc) is 3.51. The number of fused-ring (bicyclic) bond motifs is 1. The Morgan fingerprint density at radius 1 is 1.38 bits per heavy atom. The van der Waals surface area contributed by atoms with Crippen LogP contribution < -0.4 is 5.73 Å². The zero-order valence-corrected chi connectivity index (χ0v) is 18.5. The minimum atomic E-state index is -1.07. The lowest BCUT2D eigenvalue weighted by Crippen LogP contribution is -2.43. The Labute approximate surface area is 188 Å². The van der Waals surface area contributed by atoms with Gasteiger partial charge in [-0.15, -0.1) is 4.98 Å². The van der Waals surface area contributed by atoms with Gasteiger partial charge in [0, 0.05) is 25.6 Å². The number of hydrogen-bond donors (Lipinski definition) is 1. The number of benzene rings is 1. The van der Waals surface area contributed by atoms with Crippen LogP contribution in [0.4, 0.5) is 14.6 Å². The summed E-state index contributed by atoms with van der Waals surface area (Å²) in [6, 6.07) is 4.21.